The number of nitrogens with zero attached hydrogens (tertiary/aromatic N) is 2. The van der Waals surface area contributed by atoms with Gasteiger partial charge in [0.05, 0.1) is 11.4 Å². The first-order valence-electron chi connectivity index (χ1n) is 7.78. The van der Waals surface area contributed by atoms with Crippen LogP contribution in [-0.2, 0) is 16.6 Å². The predicted octanol–water partition coefficient (Wildman–Crippen LogP) is 1.78. The van der Waals surface area contributed by atoms with E-state index in [1.54, 1.807) is 11.2 Å². The maximum atomic E-state index is 12.9. The molecule has 0 bridgehead atoms. The van der Waals surface area contributed by atoms with Crippen LogP contribution in [0, 0.1) is 6.92 Å². The molecule has 0 unspecified atom stereocenters. The third kappa shape index (κ3) is 3.84. The highest BCUT2D eigenvalue weighted by Gasteiger charge is 2.30. The molecule has 2 rings (SSSR count). The van der Waals surface area contributed by atoms with E-state index in [1.807, 2.05) is 13.8 Å². The molecule has 1 aliphatic carbocycles. The first kappa shape index (κ1) is 16.5. The normalized spacial score (nSPS) is 15.8. The number of hydrogen-bond acceptors (Lipinski definition) is 4. The highest BCUT2D eigenvalue weighted by atomic mass is 32.2. The lowest BCUT2D eigenvalue weighted by Gasteiger charge is -2.21. The molecule has 0 aromatic carbocycles. The van der Waals surface area contributed by atoms with E-state index in [-0.39, 0.29) is 0 Å². The van der Waals surface area contributed by atoms with Crippen LogP contribution in [0.15, 0.2) is 4.90 Å². The molecule has 7 heteroatoms. The molecule has 1 saturated carbocycles. The van der Waals surface area contributed by atoms with E-state index in [1.165, 1.54) is 12.8 Å². The maximum Gasteiger partial charge on any atom is 0.246 e. The van der Waals surface area contributed by atoms with Gasteiger partial charge in [-0.25, -0.2) is 8.42 Å². The van der Waals surface area contributed by atoms with Gasteiger partial charge in [-0.15, -0.1) is 0 Å². The van der Waals surface area contributed by atoms with Crippen molar-refractivity contribution in [1.82, 2.24) is 19.8 Å². The van der Waals surface area contributed by atoms with E-state index in [4.69, 9.17) is 0 Å². The highest BCUT2D eigenvalue weighted by Crippen LogP contribution is 2.24. The van der Waals surface area contributed by atoms with Crippen LogP contribution < -0.4 is 5.32 Å². The lowest BCUT2D eigenvalue weighted by molar-refractivity contribution is 0.409. The van der Waals surface area contributed by atoms with Crippen LogP contribution in [-0.4, -0.2) is 42.1 Å². The standard InChI is InChI=1S/C14H26N4O2S/c1-4-8-18(9-5-2)21(19,20)14-11(3)16-17-13(14)10-15-12-6-7-12/h12,15H,4-10H2,1-3H3,(H,16,17). The van der Waals surface area contributed by atoms with E-state index < -0.39 is 10.0 Å². The van der Waals surface area contributed by atoms with E-state index >= 15 is 0 Å². The summed E-state index contributed by atoms with van der Waals surface area (Å²) in [5.74, 6) is 0. The molecule has 1 aliphatic rings. The summed E-state index contributed by atoms with van der Waals surface area (Å²) in [4.78, 5) is 0.359. The number of sulfonamides is 1. The summed E-state index contributed by atoms with van der Waals surface area (Å²) in [5, 5.41) is 10.4. The molecule has 1 aromatic rings. The maximum absolute atomic E-state index is 12.9. The molecule has 0 saturated heterocycles. The van der Waals surface area contributed by atoms with Crippen molar-refractivity contribution in [3.8, 4) is 0 Å². The topological polar surface area (TPSA) is 78.1 Å². The van der Waals surface area contributed by atoms with Crippen LogP contribution in [0.1, 0.15) is 50.9 Å². The predicted molar refractivity (Wildman–Crippen MR) is 82.5 cm³/mol. The van der Waals surface area contributed by atoms with E-state index in [2.05, 4.69) is 15.5 Å². The fourth-order valence-electron chi connectivity index (χ4n) is 2.44. The Morgan fingerprint density at radius 1 is 1.29 bits per heavy atom. The largest absolute Gasteiger partial charge is 0.308 e. The van der Waals surface area contributed by atoms with Crippen molar-refractivity contribution < 1.29 is 8.42 Å². The molecule has 0 aliphatic heterocycles. The zero-order valence-electron chi connectivity index (χ0n) is 13.1. The number of nitrogens with one attached hydrogen (secondary N) is 2. The summed E-state index contributed by atoms with van der Waals surface area (Å²) in [6.07, 6.45) is 3.96. The molecule has 0 radical (unpaired) electrons. The first-order chi connectivity index (χ1) is 10.0. The van der Waals surface area contributed by atoms with Crippen molar-refractivity contribution in [3.63, 3.8) is 0 Å². The molecule has 0 atom stereocenters. The Morgan fingerprint density at radius 2 is 1.90 bits per heavy atom. The Morgan fingerprint density at radius 3 is 2.43 bits per heavy atom. The minimum absolute atomic E-state index is 0.359. The zero-order chi connectivity index (χ0) is 15.5. The lowest BCUT2D eigenvalue weighted by Crippen LogP contribution is -2.33. The SMILES string of the molecule is CCCN(CCC)S(=O)(=O)c1c(CNC2CC2)n[nH]c1C. The van der Waals surface area contributed by atoms with Gasteiger partial charge in [0, 0.05) is 25.7 Å². The summed E-state index contributed by atoms with van der Waals surface area (Å²) < 4.78 is 27.4. The third-order valence-corrected chi connectivity index (χ3v) is 5.74. The number of hydrogen-bond donors (Lipinski definition) is 2. The summed E-state index contributed by atoms with van der Waals surface area (Å²) in [7, 11) is -3.47. The van der Waals surface area contributed by atoms with Crippen molar-refractivity contribution >= 4 is 10.0 Å². The number of aromatic amines is 1. The highest BCUT2D eigenvalue weighted by molar-refractivity contribution is 7.89. The van der Waals surface area contributed by atoms with Crippen LogP contribution in [0.4, 0.5) is 0 Å². The van der Waals surface area contributed by atoms with Gasteiger partial charge < -0.3 is 5.32 Å². The molecule has 120 valence electrons. The second-order valence-corrected chi connectivity index (χ2v) is 7.56. The van der Waals surface area contributed by atoms with Gasteiger partial charge in [-0.2, -0.15) is 9.40 Å². The summed E-state index contributed by atoms with van der Waals surface area (Å²) in [6, 6.07) is 0.528. The van der Waals surface area contributed by atoms with Crippen LogP contribution in [0.25, 0.3) is 0 Å². The van der Waals surface area contributed by atoms with Gasteiger partial charge in [0.1, 0.15) is 4.90 Å². The molecule has 0 spiro atoms. The number of rotatable bonds is 9. The van der Waals surface area contributed by atoms with Gasteiger partial charge in [-0.05, 0) is 32.6 Å². The van der Waals surface area contributed by atoms with Crippen LogP contribution in [0.2, 0.25) is 0 Å². The van der Waals surface area contributed by atoms with E-state index in [0.717, 1.165) is 12.8 Å². The molecular formula is C14H26N4O2S. The van der Waals surface area contributed by atoms with Gasteiger partial charge in [0.15, 0.2) is 0 Å². The van der Waals surface area contributed by atoms with Crippen LogP contribution in [0.5, 0.6) is 0 Å². The Hall–Kier alpha value is -0.920. The van der Waals surface area contributed by atoms with Gasteiger partial charge in [-0.1, -0.05) is 13.8 Å². The number of aromatic nitrogens is 2. The minimum atomic E-state index is -3.47. The first-order valence-corrected chi connectivity index (χ1v) is 9.22. The summed E-state index contributed by atoms with van der Waals surface area (Å²) >= 11 is 0. The minimum Gasteiger partial charge on any atom is -0.308 e. The number of aryl methyl sites for hydroxylation is 1. The van der Waals surface area contributed by atoms with Crippen molar-refractivity contribution in [2.45, 2.75) is 63.9 Å². The summed E-state index contributed by atoms with van der Waals surface area (Å²) in [5.41, 5.74) is 1.23. The van der Waals surface area contributed by atoms with Gasteiger partial charge in [-0.3, -0.25) is 5.10 Å². The Labute approximate surface area is 127 Å². The Bertz CT molecular complexity index is 558. The third-order valence-electron chi connectivity index (χ3n) is 3.64. The second-order valence-electron chi connectivity index (χ2n) is 5.68. The molecule has 21 heavy (non-hydrogen) atoms. The summed E-state index contributed by atoms with van der Waals surface area (Å²) in [6.45, 7) is 7.38. The monoisotopic (exact) mass is 314 g/mol. The van der Waals surface area contributed by atoms with Crippen LogP contribution in [0.3, 0.4) is 0 Å². The average Bonchev–Trinajstić information content (AvgIpc) is 3.18. The fourth-order valence-corrected chi connectivity index (χ4v) is 4.39. The Kier molecular flexibility index (Phi) is 5.40. The van der Waals surface area contributed by atoms with Crippen molar-refractivity contribution in [3.05, 3.63) is 11.4 Å². The number of H-pyrrole nitrogens is 1. The van der Waals surface area contributed by atoms with Crippen LogP contribution >= 0.6 is 0 Å². The van der Waals surface area contributed by atoms with Gasteiger partial charge in [0.2, 0.25) is 10.0 Å². The lowest BCUT2D eigenvalue weighted by atomic mass is 10.3. The molecule has 6 nitrogen and oxygen atoms in total. The average molecular weight is 314 g/mol. The van der Waals surface area contributed by atoms with Gasteiger partial charge in [0.25, 0.3) is 0 Å². The second kappa shape index (κ2) is 6.89. The molecule has 1 heterocycles. The van der Waals surface area contributed by atoms with Crippen molar-refractivity contribution in [1.29, 1.82) is 0 Å². The van der Waals surface area contributed by atoms with E-state index in [9.17, 15) is 8.42 Å². The smallest absolute Gasteiger partial charge is 0.246 e. The van der Waals surface area contributed by atoms with E-state index in [0.29, 0.717) is 42.0 Å². The zero-order valence-corrected chi connectivity index (χ0v) is 14.0. The quantitative estimate of drug-likeness (QED) is 0.728. The van der Waals surface area contributed by atoms with Crippen molar-refractivity contribution in [2.24, 2.45) is 0 Å². The molecule has 1 fully saturated rings. The Balaban J connectivity index is 2.25. The molecule has 2 N–H and O–H groups in total. The van der Waals surface area contributed by atoms with Crippen molar-refractivity contribution in [2.75, 3.05) is 13.1 Å². The molecular weight excluding hydrogens is 288 g/mol. The molecule has 1 aromatic heterocycles. The fraction of sp³-hybridized carbons (Fsp3) is 0.786. The van der Waals surface area contributed by atoms with Gasteiger partial charge >= 0.3 is 0 Å². The molecule has 0 amide bonds.